The van der Waals surface area contributed by atoms with E-state index in [1.165, 1.54) is 23.0 Å². The zero-order valence-corrected chi connectivity index (χ0v) is 16.9. The van der Waals surface area contributed by atoms with Gasteiger partial charge in [0.1, 0.15) is 23.3 Å². The van der Waals surface area contributed by atoms with Gasteiger partial charge in [0, 0.05) is 13.5 Å². The number of nitrogens with zero attached hydrogens (tertiary/aromatic N) is 5. The number of rotatable bonds is 2. The molecule has 3 rings (SSSR count). The molecular weight excluding hydrogens is 392 g/mol. The van der Waals surface area contributed by atoms with Crippen LogP contribution in [0, 0.1) is 11.3 Å². The van der Waals surface area contributed by atoms with Crippen LogP contribution < -0.4 is 4.90 Å². The number of carbonyl (C=O) groups is 1. The first-order chi connectivity index (χ1) is 12.9. The molecule has 0 N–H and O–H groups in total. The number of hydrogen-bond donors (Lipinski definition) is 0. The molecule has 1 aromatic heterocycles. The fraction of sp³-hybridized carbons (Fsp3) is 0.667. The summed E-state index contributed by atoms with van der Waals surface area (Å²) >= 11 is 5.95. The van der Waals surface area contributed by atoms with Gasteiger partial charge in [-0.2, -0.15) is 10.2 Å². The smallest absolute Gasteiger partial charge is 0.410 e. The molecule has 10 heteroatoms. The van der Waals surface area contributed by atoms with Gasteiger partial charge in [-0.1, -0.05) is 11.6 Å². The van der Waals surface area contributed by atoms with Crippen molar-refractivity contribution in [3.63, 3.8) is 0 Å². The fourth-order valence-corrected chi connectivity index (χ4v) is 4.07. The molecule has 152 valence electrons. The van der Waals surface area contributed by atoms with E-state index in [9.17, 15) is 13.6 Å². The van der Waals surface area contributed by atoms with Gasteiger partial charge in [0.05, 0.1) is 18.3 Å². The van der Waals surface area contributed by atoms with Gasteiger partial charge in [0.15, 0.2) is 5.15 Å². The van der Waals surface area contributed by atoms with Crippen LogP contribution in [0.3, 0.4) is 0 Å². The van der Waals surface area contributed by atoms with Crippen LogP contribution in [0.1, 0.15) is 45.6 Å². The summed E-state index contributed by atoms with van der Waals surface area (Å²) in [5, 5.41) is 8.85. The van der Waals surface area contributed by atoms with E-state index < -0.39 is 29.2 Å². The third-order valence-corrected chi connectivity index (χ3v) is 5.35. The summed E-state index contributed by atoms with van der Waals surface area (Å²) in [6.07, 6.45) is 1.03. The Balaban J connectivity index is 1.93. The van der Waals surface area contributed by atoms with Crippen LogP contribution in [0.25, 0.3) is 0 Å². The van der Waals surface area contributed by atoms with Crippen molar-refractivity contribution in [3.8, 4) is 6.07 Å². The molecule has 2 atom stereocenters. The summed E-state index contributed by atoms with van der Waals surface area (Å²) in [5.74, 6) is -3.08. The summed E-state index contributed by atoms with van der Waals surface area (Å²) in [6.45, 7) is 5.36. The van der Waals surface area contributed by atoms with Crippen molar-refractivity contribution >= 4 is 23.6 Å². The SMILES string of the molecule is CN(c1ncc(C#N)c(Cl)n1)C1C(F)(F)CCCC12CN2C(=O)OC(C)(C)C. The lowest BCUT2D eigenvalue weighted by atomic mass is 9.80. The third-order valence-electron chi connectivity index (χ3n) is 5.06. The van der Waals surface area contributed by atoms with Crippen LogP contribution in [0.5, 0.6) is 0 Å². The molecule has 1 aliphatic heterocycles. The minimum atomic E-state index is -3.06. The summed E-state index contributed by atoms with van der Waals surface area (Å²) < 4.78 is 35.4. The molecule has 1 saturated heterocycles. The van der Waals surface area contributed by atoms with Crippen molar-refractivity contribution in [2.45, 2.75) is 63.1 Å². The summed E-state index contributed by atoms with van der Waals surface area (Å²) in [4.78, 5) is 23.1. The predicted molar refractivity (Wildman–Crippen MR) is 98.4 cm³/mol. The van der Waals surface area contributed by atoms with Gasteiger partial charge < -0.3 is 9.64 Å². The van der Waals surface area contributed by atoms with Crippen molar-refractivity contribution in [2.24, 2.45) is 0 Å². The number of aromatic nitrogens is 2. The zero-order valence-electron chi connectivity index (χ0n) is 16.2. The van der Waals surface area contributed by atoms with Gasteiger partial charge in [-0.15, -0.1) is 0 Å². The number of hydrogen-bond acceptors (Lipinski definition) is 6. The van der Waals surface area contributed by atoms with Crippen molar-refractivity contribution in [2.75, 3.05) is 18.5 Å². The lowest BCUT2D eigenvalue weighted by Crippen LogP contribution is -2.60. The van der Waals surface area contributed by atoms with Gasteiger partial charge in [-0.25, -0.2) is 18.6 Å². The van der Waals surface area contributed by atoms with Crippen LogP contribution >= 0.6 is 11.6 Å². The molecule has 2 aliphatic rings. The largest absolute Gasteiger partial charge is 0.444 e. The molecule has 1 amide bonds. The second-order valence-corrected chi connectivity index (χ2v) is 8.64. The highest BCUT2D eigenvalue weighted by atomic mass is 35.5. The molecule has 2 fully saturated rings. The quantitative estimate of drug-likeness (QED) is 0.544. The van der Waals surface area contributed by atoms with E-state index in [4.69, 9.17) is 21.6 Å². The van der Waals surface area contributed by atoms with Gasteiger partial charge in [-0.05, 0) is 33.6 Å². The van der Waals surface area contributed by atoms with Crippen LogP contribution in [-0.4, -0.2) is 57.7 Å². The number of ether oxygens (including phenoxy) is 1. The van der Waals surface area contributed by atoms with Gasteiger partial charge >= 0.3 is 6.09 Å². The average Bonchev–Trinajstić information content (AvgIpc) is 3.26. The van der Waals surface area contributed by atoms with Crippen LogP contribution in [0.15, 0.2) is 6.20 Å². The van der Waals surface area contributed by atoms with Crippen LogP contribution in [0.4, 0.5) is 19.5 Å². The van der Waals surface area contributed by atoms with Crippen molar-refractivity contribution in [3.05, 3.63) is 16.9 Å². The maximum Gasteiger partial charge on any atom is 0.410 e. The van der Waals surface area contributed by atoms with Gasteiger partial charge in [-0.3, -0.25) is 4.90 Å². The van der Waals surface area contributed by atoms with E-state index in [0.717, 1.165) is 0 Å². The van der Waals surface area contributed by atoms with E-state index in [1.807, 2.05) is 6.07 Å². The molecule has 2 unspecified atom stereocenters. The third kappa shape index (κ3) is 3.58. The molecule has 28 heavy (non-hydrogen) atoms. The maximum atomic E-state index is 15.0. The molecule has 1 aliphatic carbocycles. The predicted octanol–water partition coefficient (Wildman–Crippen LogP) is 3.62. The highest BCUT2D eigenvalue weighted by Crippen LogP contribution is 2.53. The molecule has 0 radical (unpaired) electrons. The topological polar surface area (TPSA) is 82.1 Å². The fourth-order valence-electron chi connectivity index (χ4n) is 3.90. The number of carbonyl (C=O) groups excluding carboxylic acids is 1. The maximum absolute atomic E-state index is 15.0. The summed E-state index contributed by atoms with van der Waals surface area (Å²) in [5.41, 5.74) is -1.71. The van der Waals surface area contributed by atoms with Crippen molar-refractivity contribution < 1.29 is 18.3 Å². The summed E-state index contributed by atoms with van der Waals surface area (Å²) in [6, 6.07) is 0.508. The van der Waals surface area contributed by atoms with E-state index in [-0.39, 0.29) is 29.6 Å². The number of nitriles is 1. The highest BCUT2D eigenvalue weighted by molar-refractivity contribution is 6.30. The second-order valence-electron chi connectivity index (χ2n) is 8.28. The minimum absolute atomic E-state index is 0.0222. The molecule has 1 aromatic rings. The first kappa shape index (κ1) is 20.5. The average molecular weight is 414 g/mol. The number of likely N-dealkylation sites (N-methyl/N-ethyl adjacent to an activating group) is 1. The van der Waals surface area contributed by atoms with Crippen LogP contribution in [-0.2, 0) is 4.74 Å². The number of amides is 1. The normalized spacial score (nSPS) is 25.9. The molecule has 2 heterocycles. The second kappa shape index (κ2) is 6.69. The van der Waals surface area contributed by atoms with Crippen molar-refractivity contribution in [1.82, 2.24) is 14.9 Å². The molecule has 7 nitrogen and oxygen atoms in total. The van der Waals surface area contributed by atoms with Gasteiger partial charge in [0.2, 0.25) is 5.95 Å². The van der Waals surface area contributed by atoms with Crippen LogP contribution in [0.2, 0.25) is 5.15 Å². The lowest BCUT2D eigenvalue weighted by Gasteiger charge is -2.43. The number of halogens is 3. The standard InChI is InChI=1S/C18H22ClF2N5O2/c1-16(2,3)28-15(27)26-10-17(26)6-5-7-18(20,21)13(17)25(4)14-23-9-11(8-22)12(19)24-14/h9,13H,5-7,10H2,1-4H3. The lowest BCUT2D eigenvalue weighted by molar-refractivity contribution is -0.0722. The Morgan fingerprint density at radius 1 is 1.46 bits per heavy atom. The Kier molecular flexibility index (Phi) is 4.90. The Morgan fingerprint density at radius 3 is 2.71 bits per heavy atom. The van der Waals surface area contributed by atoms with Crippen molar-refractivity contribution in [1.29, 1.82) is 5.26 Å². The highest BCUT2D eigenvalue weighted by Gasteiger charge is 2.70. The Morgan fingerprint density at radius 2 is 2.14 bits per heavy atom. The molecule has 0 aromatic carbocycles. The molecule has 1 saturated carbocycles. The van der Waals surface area contributed by atoms with E-state index in [2.05, 4.69) is 9.97 Å². The minimum Gasteiger partial charge on any atom is -0.444 e. The Bertz CT molecular complexity index is 838. The first-order valence-electron chi connectivity index (χ1n) is 8.95. The Hall–Kier alpha value is -2.21. The van der Waals surface area contributed by atoms with E-state index in [1.54, 1.807) is 20.8 Å². The molecule has 1 spiro atoms. The zero-order chi connectivity index (χ0) is 20.9. The van der Waals surface area contributed by atoms with E-state index in [0.29, 0.717) is 12.8 Å². The van der Waals surface area contributed by atoms with E-state index >= 15 is 0 Å². The Labute approximate surface area is 167 Å². The molecular formula is C18H22ClF2N5O2. The van der Waals surface area contributed by atoms with Gasteiger partial charge in [0.25, 0.3) is 5.92 Å². The first-order valence-corrected chi connectivity index (χ1v) is 9.33. The summed E-state index contributed by atoms with van der Waals surface area (Å²) in [7, 11) is 1.45. The molecule has 0 bridgehead atoms. The number of anilines is 1. The monoisotopic (exact) mass is 413 g/mol. The number of alkyl halides is 2.